The van der Waals surface area contributed by atoms with E-state index in [1.165, 1.54) is 38.5 Å². The van der Waals surface area contributed by atoms with Gasteiger partial charge in [0, 0.05) is 42.5 Å². The summed E-state index contributed by atoms with van der Waals surface area (Å²) in [7, 11) is 3.17. The lowest BCUT2D eigenvalue weighted by Crippen LogP contribution is -2.59. The summed E-state index contributed by atoms with van der Waals surface area (Å²) >= 11 is 0. The Morgan fingerprint density at radius 1 is 1.02 bits per heavy atom. The zero-order valence-electron chi connectivity index (χ0n) is 24.0. The summed E-state index contributed by atoms with van der Waals surface area (Å²) in [6.07, 6.45) is 10.2. The molecule has 4 bridgehead atoms. The van der Waals surface area contributed by atoms with Gasteiger partial charge in [-0.25, -0.2) is 4.39 Å². The van der Waals surface area contributed by atoms with Crippen LogP contribution in [0.15, 0.2) is 48.8 Å². The lowest BCUT2D eigenvalue weighted by Gasteiger charge is -2.56. The first-order chi connectivity index (χ1) is 20.7. The van der Waals surface area contributed by atoms with Gasteiger partial charge in [0.1, 0.15) is 28.6 Å². The minimum atomic E-state index is -0.657. The highest BCUT2D eigenvalue weighted by Gasteiger charge is 2.51. The summed E-state index contributed by atoms with van der Waals surface area (Å²) in [4.78, 5) is 29.8. The number of anilines is 2. The van der Waals surface area contributed by atoms with E-state index in [1.54, 1.807) is 48.4 Å². The number of hydrogen-bond donors (Lipinski definition) is 3. The molecule has 2 amide bonds. The van der Waals surface area contributed by atoms with Crippen LogP contribution < -0.4 is 25.8 Å². The van der Waals surface area contributed by atoms with Crippen LogP contribution in [0.1, 0.15) is 59.2 Å². The number of halogens is 1. The number of primary amides is 1. The molecule has 222 valence electrons. The van der Waals surface area contributed by atoms with Crippen LogP contribution in [0.5, 0.6) is 17.2 Å². The van der Waals surface area contributed by atoms with Crippen molar-refractivity contribution in [3.63, 3.8) is 0 Å². The fraction of sp³-hybridized carbons (Fsp3) is 0.375. The molecule has 4 aliphatic rings. The summed E-state index contributed by atoms with van der Waals surface area (Å²) in [5.41, 5.74) is 6.60. The molecule has 43 heavy (non-hydrogen) atoms. The number of carbonyl (C=O) groups excluding carboxylic acids is 2. The third kappa shape index (κ3) is 5.02. The molecule has 0 radical (unpaired) electrons. The second-order valence-corrected chi connectivity index (χ2v) is 12.3. The summed E-state index contributed by atoms with van der Waals surface area (Å²) in [6.45, 7) is 0. The van der Waals surface area contributed by atoms with E-state index >= 15 is 4.39 Å². The zero-order chi connectivity index (χ0) is 29.9. The minimum Gasteiger partial charge on any atom is -0.496 e. The van der Waals surface area contributed by atoms with Crippen molar-refractivity contribution >= 4 is 34.2 Å². The van der Waals surface area contributed by atoms with Crippen LogP contribution in [0, 0.1) is 23.6 Å². The van der Waals surface area contributed by atoms with Gasteiger partial charge in [0.05, 0.1) is 23.9 Å². The Hall–Kier alpha value is -4.67. The number of amides is 2. The summed E-state index contributed by atoms with van der Waals surface area (Å²) in [6, 6.07) is 9.13. The number of benzene rings is 2. The monoisotopic (exact) mass is 584 g/mol. The number of nitrogens with one attached hydrogen (secondary N) is 2. The number of pyridine rings is 1. The van der Waals surface area contributed by atoms with Crippen LogP contribution in [-0.4, -0.2) is 39.2 Å². The van der Waals surface area contributed by atoms with E-state index in [1.807, 2.05) is 0 Å². The molecule has 0 spiro atoms. The normalized spacial score (nSPS) is 23.7. The number of nitrogens with two attached hydrogens (primary N) is 1. The molecule has 4 N–H and O–H groups in total. The van der Waals surface area contributed by atoms with Gasteiger partial charge >= 0.3 is 0 Å². The number of methoxy groups -OCH3 is 1. The van der Waals surface area contributed by atoms with Crippen molar-refractivity contribution in [1.29, 1.82) is 0 Å². The fourth-order valence-electron chi connectivity index (χ4n) is 7.83. The molecule has 2 aromatic heterocycles. The van der Waals surface area contributed by atoms with E-state index in [4.69, 9.17) is 15.2 Å². The number of hydrogen-bond acceptors (Lipinski definition) is 7. The van der Waals surface area contributed by atoms with Gasteiger partial charge in [-0.1, -0.05) is 0 Å². The maximum Gasteiger partial charge on any atom is 0.257 e. The van der Waals surface area contributed by atoms with Crippen molar-refractivity contribution in [2.75, 3.05) is 12.4 Å². The molecule has 0 saturated heterocycles. The molecule has 8 rings (SSSR count). The molecule has 2 aromatic carbocycles. The quantitative estimate of drug-likeness (QED) is 0.251. The van der Waals surface area contributed by atoms with Crippen LogP contribution in [0.4, 0.5) is 15.9 Å². The fourth-order valence-corrected chi connectivity index (χ4v) is 7.83. The number of ether oxygens (including phenoxy) is 2. The molecule has 0 unspecified atom stereocenters. The maximum absolute atomic E-state index is 15.4. The van der Waals surface area contributed by atoms with Crippen LogP contribution in [0.25, 0.3) is 10.9 Å². The van der Waals surface area contributed by atoms with Crippen molar-refractivity contribution in [2.24, 2.45) is 30.5 Å². The average molecular weight is 585 g/mol. The number of carbonyl (C=O) groups is 2. The molecule has 2 heterocycles. The van der Waals surface area contributed by atoms with E-state index in [0.29, 0.717) is 45.7 Å². The number of nitrogens with zero attached hydrogens (tertiary/aromatic N) is 3. The second-order valence-electron chi connectivity index (χ2n) is 12.3. The maximum atomic E-state index is 15.4. The molecule has 0 aliphatic heterocycles. The Balaban J connectivity index is 1.11. The van der Waals surface area contributed by atoms with E-state index in [0.717, 1.165) is 19.3 Å². The van der Waals surface area contributed by atoms with Gasteiger partial charge in [-0.3, -0.25) is 19.3 Å². The van der Waals surface area contributed by atoms with Gasteiger partial charge in [0.25, 0.3) is 11.8 Å². The van der Waals surface area contributed by atoms with E-state index in [9.17, 15) is 9.59 Å². The predicted octanol–water partition coefficient (Wildman–Crippen LogP) is 5.45. The van der Waals surface area contributed by atoms with Crippen LogP contribution >= 0.6 is 0 Å². The summed E-state index contributed by atoms with van der Waals surface area (Å²) < 4.78 is 28.2. The largest absolute Gasteiger partial charge is 0.496 e. The zero-order valence-corrected chi connectivity index (χ0v) is 24.0. The Kier molecular flexibility index (Phi) is 6.48. The average Bonchev–Trinajstić information content (AvgIpc) is 3.33. The van der Waals surface area contributed by atoms with Gasteiger partial charge in [0.15, 0.2) is 5.82 Å². The molecule has 4 aliphatic carbocycles. The Labute approximate surface area is 247 Å². The van der Waals surface area contributed by atoms with E-state index in [-0.39, 0.29) is 34.3 Å². The first-order valence-corrected chi connectivity index (χ1v) is 14.6. The van der Waals surface area contributed by atoms with Crippen molar-refractivity contribution in [3.8, 4) is 17.2 Å². The Morgan fingerprint density at radius 2 is 1.74 bits per heavy atom. The van der Waals surface area contributed by atoms with Crippen molar-refractivity contribution < 1.29 is 23.5 Å². The van der Waals surface area contributed by atoms with Crippen LogP contribution in [0.2, 0.25) is 0 Å². The summed E-state index contributed by atoms with van der Waals surface area (Å²) in [5.74, 6) is 1.84. The topological polar surface area (TPSA) is 133 Å². The Bertz CT molecular complexity index is 1730. The van der Waals surface area contributed by atoms with Gasteiger partial charge < -0.3 is 25.8 Å². The van der Waals surface area contributed by atoms with Gasteiger partial charge in [-0.05, 0) is 80.5 Å². The molecular formula is C32H33FN6O4. The molecule has 4 aromatic rings. The lowest BCUT2D eigenvalue weighted by molar-refractivity contribution is -0.0166. The van der Waals surface area contributed by atoms with Crippen molar-refractivity contribution in [3.05, 3.63) is 65.7 Å². The van der Waals surface area contributed by atoms with E-state index in [2.05, 4.69) is 20.7 Å². The first kappa shape index (κ1) is 27.2. The molecular weight excluding hydrogens is 551 g/mol. The summed E-state index contributed by atoms with van der Waals surface area (Å²) in [5, 5.41) is 11.3. The number of rotatable bonds is 8. The molecule has 4 saturated carbocycles. The SMILES string of the molecule is COc1cc2nccc(Oc3ccc(Nc4nn(C)cc4C(=O)NC45CC6CC(CC(C6)C4)C5)c(F)c3)c2cc1C(N)=O. The third-order valence-electron chi connectivity index (χ3n) is 9.20. The first-order valence-electron chi connectivity index (χ1n) is 14.6. The highest BCUT2D eigenvalue weighted by atomic mass is 19.1. The highest BCUT2D eigenvalue weighted by Crippen LogP contribution is 2.55. The lowest BCUT2D eigenvalue weighted by atomic mass is 9.53. The number of aryl methyl sites for hydroxylation is 1. The molecule has 4 fully saturated rings. The van der Waals surface area contributed by atoms with Gasteiger partial charge in [-0.2, -0.15) is 5.10 Å². The smallest absolute Gasteiger partial charge is 0.257 e. The number of fused-ring (bicyclic) bond motifs is 1. The molecule has 0 atom stereocenters. The minimum absolute atomic E-state index is 0.148. The third-order valence-corrected chi connectivity index (χ3v) is 9.20. The highest BCUT2D eigenvalue weighted by molar-refractivity contribution is 6.01. The van der Waals surface area contributed by atoms with Gasteiger partial charge in [0.2, 0.25) is 0 Å². The van der Waals surface area contributed by atoms with Crippen LogP contribution in [-0.2, 0) is 7.05 Å². The predicted molar refractivity (Wildman–Crippen MR) is 158 cm³/mol. The van der Waals surface area contributed by atoms with E-state index < -0.39 is 11.7 Å². The standard InChI is InChI=1S/C32H33FN6O4/c1-39-16-23(31(41)37-32-13-17-7-18(14-32)9-19(8-17)15-32)30(38-39)36-25-4-3-20(10-24(25)33)43-27-5-6-35-26-12-28(42-2)22(29(34)40)11-21(26)27/h3-6,10-12,16-19H,7-9,13-15H2,1-2H3,(H2,34,40)(H,36,38)(H,37,41). The molecule has 10 nitrogen and oxygen atoms in total. The Morgan fingerprint density at radius 3 is 2.40 bits per heavy atom. The van der Waals surface area contributed by atoms with Crippen LogP contribution in [0.3, 0.4) is 0 Å². The van der Waals surface area contributed by atoms with Gasteiger partial charge in [-0.15, -0.1) is 0 Å². The second kappa shape index (κ2) is 10.3. The number of aromatic nitrogens is 3. The van der Waals surface area contributed by atoms with Crippen molar-refractivity contribution in [2.45, 2.75) is 44.1 Å². The molecule has 11 heteroatoms. The van der Waals surface area contributed by atoms with Crippen molar-refractivity contribution in [1.82, 2.24) is 20.1 Å².